The zero-order valence-corrected chi connectivity index (χ0v) is 19.2. The van der Waals surface area contributed by atoms with E-state index in [0.717, 1.165) is 44.9 Å². The molecule has 2 aliphatic rings. The Labute approximate surface area is 193 Å². The van der Waals surface area contributed by atoms with Crippen LogP contribution in [0.2, 0.25) is 0 Å². The molecule has 10 nitrogen and oxygen atoms in total. The van der Waals surface area contributed by atoms with Crippen LogP contribution in [-0.2, 0) is 23.9 Å². The van der Waals surface area contributed by atoms with Crippen molar-refractivity contribution in [3.05, 3.63) is 0 Å². The van der Waals surface area contributed by atoms with Crippen LogP contribution in [0.4, 0.5) is 0 Å². The number of aliphatic hydroxyl groups excluding tert-OH is 3. The Morgan fingerprint density at radius 2 is 1.61 bits per heavy atom. The topological polar surface area (TPSA) is 171 Å². The molecule has 1 aliphatic carbocycles. The number of aliphatic hydroxyl groups is 3. The Balaban J connectivity index is 2.01. The molecule has 2 fully saturated rings. The van der Waals surface area contributed by atoms with Gasteiger partial charge in [-0.15, -0.1) is 0 Å². The Kier molecular flexibility index (Phi) is 11.2. The molecule has 0 radical (unpaired) electrons. The number of hydrogen-bond donors (Lipinski definition) is 5. The molecule has 1 saturated carbocycles. The van der Waals surface area contributed by atoms with Crippen LogP contribution in [0.1, 0.15) is 77.6 Å². The van der Waals surface area contributed by atoms with Crippen LogP contribution < -0.4 is 0 Å². The molecule has 10 heteroatoms. The highest BCUT2D eigenvalue weighted by Crippen LogP contribution is 2.40. The van der Waals surface area contributed by atoms with Crippen molar-refractivity contribution in [3.63, 3.8) is 0 Å². The van der Waals surface area contributed by atoms with Crippen LogP contribution >= 0.6 is 0 Å². The summed E-state index contributed by atoms with van der Waals surface area (Å²) >= 11 is 0. The van der Waals surface area contributed by atoms with Crippen LogP contribution in [-0.4, -0.2) is 80.1 Å². The molecular weight excluding hydrogens is 436 g/mol. The predicted molar refractivity (Wildman–Crippen MR) is 115 cm³/mol. The van der Waals surface area contributed by atoms with Crippen molar-refractivity contribution in [2.24, 2.45) is 11.8 Å². The zero-order chi connectivity index (χ0) is 24.5. The molecule has 2 rings (SSSR count). The smallest absolute Gasteiger partial charge is 0.335 e. The van der Waals surface area contributed by atoms with Gasteiger partial charge in [0.1, 0.15) is 24.1 Å². The largest absolute Gasteiger partial charge is 0.481 e. The fourth-order valence-electron chi connectivity index (χ4n) is 4.87. The van der Waals surface area contributed by atoms with Crippen molar-refractivity contribution in [2.45, 2.75) is 114 Å². The molecule has 0 spiro atoms. The van der Waals surface area contributed by atoms with Gasteiger partial charge in [-0.25, -0.2) is 4.79 Å². The van der Waals surface area contributed by atoms with E-state index in [4.69, 9.17) is 14.6 Å². The highest BCUT2D eigenvalue weighted by atomic mass is 16.7. The van der Waals surface area contributed by atoms with E-state index in [1.54, 1.807) is 0 Å². The number of unbranched alkanes of at least 4 members (excludes halogenated alkanes) is 5. The predicted octanol–water partition coefficient (Wildman–Crippen LogP) is 1.47. The van der Waals surface area contributed by atoms with Crippen molar-refractivity contribution in [1.82, 2.24) is 0 Å². The molecule has 1 aliphatic heterocycles. The molecule has 4 unspecified atom stereocenters. The van der Waals surface area contributed by atoms with E-state index in [9.17, 15) is 34.8 Å². The lowest BCUT2D eigenvalue weighted by Crippen LogP contribution is -2.61. The molecule has 1 saturated heterocycles. The van der Waals surface area contributed by atoms with Gasteiger partial charge in [0, 0.05) is 18.8 Å². The standard InChI is InChI=1S/C23H38O10/c1-2-3-6-10-14-13(9-7-4-5-8-11-17(25)26)15(24)12-16(14)32-23-20(29)18(27)19(28)21(33-23)22(30)31/h13-14,16,18-21,23,27-29H,2-12H2,1H3,(H,25,26)(H,30,31)/t13?,14?,16?,18-,19-,20+,21-,23?/m0/s1. The van der Waals surface area contributed by atoms with E-state index in [1.165, 1.54) is 0 Å². The van der Waals surface area contributed by atoms with E-state index in [1.807, 2.05) is 0 Å². The van der Waals surface area contributed by atoms with E-state index in [-0.39, 0.29) is 30.5 Å². The van der Waals surface area contributed by atoms with Crippen LogP contribution in [0.5, 0.6) is 0 Å². The third-order valence-corrected chi connectivity index (χ3v) is 6.73. The summed E-state index contributed by atoms with van der Waals surface area (Å²) < 4.78 is 11.1. The number of aliphatic carboxylic acids is 2. The molecule has 5 N–H and O–H groups in total. The molecule has 190 valence electrons. The van der Waals surface area contributed by atoms with Crippen molar-refractivity contribution in [2.75, 3.05) is 0 Å². The minimum absolute atomic E-state index is 0.0488. The van der Waals surface area contributed by atoms with Crippen molar-refractivity contribution in [1.29, 1.82) is 0 Å². The number of carboxylic acids is 2. The molecule has 0 aromatic rings. The summed E-state index contributed by atoms with van der Waals surface area (Å²) in [7, 11) is 0. The van der Waals surface area contributed by atoms with Gasteiger partial charge in [0.25, 0.3) is 0 Å². The fourth-order valence-corrected chi connectivity index (χ4v) is 4.87. The SMILES string of the molecule is CCCCCC1C(OC2O[C@H](C(=O)O)[C@@H](O)[C@H](O)[C@H]2O)CC(=O)C1CCCCCCC(=O)O. The molecule has 0 bridgehead atoms. The van der Waals surface area contributed by atoms with Crippen molar-refractivity contribution >= 4 is 17.7 Å². The molecule has 8 atom stereocenters. The first-order chi connectivity index (χ1) is 15.7. The summed E-state index contributed by atoms with van der Waals surface area (Å²) in [6.45, 7) is 2.08. The lowest BCUT2D eigenvalue weighted by atomic mass is 9.85. The molecule has 0 aromatic heterocycles. The first kappa shape index (κ1) is 27.7. The number of ketones is 1. The quantitative estimate of drug-likeness (QED) is 0.232. The summed E-state index contributed by atoms with van der Waals surface area (Å²) in [6, 6.07) is 0. The van der Waals surface area contributed by atoms with Gasteiger partial charge in [-0.2, -0.15) is 0 Å². The van der Waals surface area contributed by atoms with Gasteiger partial charge >= 0.3 is 11.9 Å². The molecule has 0 amide bonds. The number of rotatable bonds is 14. The summed E-state index contributed by atoms with van der Waals surface area (Å²) in [4.78, 5) is 34.8. The van der Waals surface area contributed by atoms with Gasteiger partial charge in [0.15, 0.2) is 12.4 Å². The number of ether oxygens (including phenoxy) is 2. The monoisotopic (exact) mass is 474 g/mol. The first-order valence-electron chi connectivity index (χ1n) is 12.0. The normalized spacial score (nSPS) is 34.5. The molecule has 33 heavy (non-hydrogen) atoms. The maximum atomic E-state index is 12.8. The number of carbonyl (C=O) groups is 3. The van der Waals surface area contributed by atoms with Crippen molar-refractivity contribution < 1.29 is 49.4 Å². The highest BCUT2D eigenvalue weighted by Gasteiger charge is 2.50. The van der Waals surface area contributed by atoms with Gasteiger partial charge in [-0.1, -0.05) is 45.4 Å². The van der Waals surface area contributed by atoms with Gasteiger partial charge < -0.3 is 35.0 Å². The van der Waals surface area contributed by atoms with Crippen LogP contribution in [0.15, 0.2) is 0 Å². The Morgan fingerprint density at radius 3 is 2.24 bits per heavy atom. The maximum Gasteiger partial charge on any atom is 0.335 e. The number of Topliss-reactive ketones (excluding diaryl/α,β-unsaturated/α-hetero) is 1. The molecule has 1 heterocycles. The first-order valence-corrected chi connectivity index (χ1v) is 12.0. The van der Waals surface area contributed by atoms with Crippen molar-refractivity contribution in [3.8, 4) is 0 Å². The Bertz CT molecular complexity index is 653. The lowest BCUT2D eigenvalue weighted by Gasteiger charge is -2.40. The number of carbonyl (C=O) groups excluding carboxylic acids is 1. The highest BCUT2D eigenvalue weighted by molar-refractivity contribution is 5.84. The van der Waals surface area contributed by atoms with Gasteiger partial charge in [-0.3, -0.25) is 9.59 Å². The second-order valence-corrected chi connectivity index (χ2v) is 9.19. The van der Waals surface area contributed by atoms with E-state index < -0.39 is 48.7 Å². The minimum Gasteiger partial charge on any atom is -0.481 e. The summed E-state index contributed by atoms with van der Waals surface area (Å²) in [5.74, 6) is -2.59. The average Bonchev–Trinajstić information content (AvgIpc) is 3.04. The second-order valence-electron chi connectivity index (χ2n) is 9.19. The van der Waals surface area contributed by atoms with Gasteiger partial charge in [0.05, 0.1) is 6.10 Å². The third kappa shape index (κ3) is 7.71. The molecule has 0 aromatic carbocycles. The van der Waals surface area contributed by atoms with Crippen LogP contribution in [0.3, 0.4) is 0 Å². The third-order valence-electron chi connectivity index (χ3n) is 6.73. The summed E-state index contributed by atoms with van der Waals surface area (Å²) in [6.07, 6.45) is -1.40. The van der Waals surface area contributed by atoms with E-state index in [0.29, 0.717) is 12.8 Å². The number of hydrogen-bond acceptors (Lipinski definition) is 8. The average molecular weight is 475 g/mol. The lowest BCUT2D eigenvalue weighted by molar-refractivity contribution is -0.307. The second kappa shape index (κ2) is 13.3. The zero-order valence-electron chi connectivity index (χ0n) is 19.2. The fraction of sp³-hybridized carbons (Fsp3) is 0.870. The van der Waals surface area contributed by atoms with Gasteiger partial charge in [0.2, 0.25) is 0 Å². The summed E-state index contributed by atoms with van der Waals surface area (Å²) in [5, 5.41) is 48.2. The Hall–Kier alpha value is -1.59. The van der Waals surface area contributed by atoms with E-state index in [2.05, 4.69) is 6.92 Å². The summed E-state index contributed by atoms with van der Waals surface area (Å²) in [5.41, 5.74) is 0. The Morgan fingerprint density at radius 1 is 0.939 bits per heavy atom. The minimum atomic E-state index is -1.79. The van der Waals surface area contributed by atoms with Crippen LogP contribution in [0.25, 0.3) is 0 Å². The molecular formula is C23H38O10. The maximum absolute atomic E-state index is 12.8. The van der Waals surface area contributed by atoms with Crippen LogP contribution in [0, 0.1) is 11.8 Å². The van der Waals surface area contributed by atoms with Gasteiger partial charge in [-0.05, 0) is 25.2 Å². The van der Waals surface area contributed by atoms with E-state index >= 15 is 0 Å². The number of carboxylic acid groups (broad SMARTS) is 2.